The first-order chi connectivity index (χ1) is 17.8. The van der Waals surface area contributed by atoms with Crippen molar-refractivity contribution in [1.29, 1.82) is 0 Å². The molecule has 2 fully saturated rings. The molecule has 2 aliphatic rings. The lowest BCUT2D eigenvalue weighted by molar-refractivity contribution is -0.137. The second-order valence-corrected chi connectivity index (χ2v) is 12.3. The molecule has 4 rings (SSSR count). The molecule has 38 heavy (non-hydrogen) atoms. The Labute approximate surface area is 225 Å². The SMILES string of the molecule is CN1CCN(C)C(COc2ccc(C(F)(F)F)cc2C(=O)/N=c2\sc(C(C)(C)C)cn2C[C@@H]2CCCO2)C1. The maximum Gasteiger partial charge on any atom is 0.416 e. The summed E-state index contributed by atoms with van der Waals surface area (Å²) < 4.78 is 54.4. The number of carbonyl (C=O) groups is 1. The molecule has 2 aromatic rings. The van der Waals surface area contributed by atoms with Gasteiger partial charge in [-0.3, -0.25) is 9.69 Å². The number of nitrogens with zero attached hydrogens (tertiary/aromatic N) is 4. The summed E-state index contributed by atoms with van der Waals surface area (Å²) in [6.07, 6.45) is -0.717. The Bertz CT molecular complexity index is 1200. The van der Waals surface area contributed by atoms with Crippen molar-refractivity contribution in [2.75, 3.05) is 46.9 Å². The Morgan fingerprint density at radius 1 is 1.21 bits per heavy atom. The summed E-state index contributed by atoms with van der Waals surface area (Å²) in [5, 5.41) is 0. The van der Waals surface area contributed by atoms with Gasteiger partial charge < -0.3 is 18.9 Å². The fraction of sp³-hybridized carbons (Fsp3) is 0.630. The number of piperazine rings is 1. The van der Waals surface area contributed by atoms with Crippen LogP contribution in [0.3, 0.4) is 0 Å². The van der Waals surface area contributed by atoms with E-state index >= 15 is 0 Å². The Balaban J connectivity index is 1.68. The van der Waals surface area contributed by atoms with Gasteiger partial charge in [-0.2, -0.15) is 18.2 Å². The van der Waals surface area contributed by atoms with Crippen molar-refractivity contribution >= 4 is 17.2 Å². The lowest BCUT2D eigenvalue weighted by Crippen LogP contribution is -2.52. The van der Waals surface area contributed by atoms with Crippen LogP contribution >= 0.6 is 11.3 Å². The van der Waals surface area contributed by atoms with E-state index in [9.17, 15) is 18.0 Å². The van der Waals surface area contributed by atoms with E-state index in [-0.39, 0.29) is 35.5 Å². The molecular weight excluding hydrogens is 517 g/mol. The van der Waals surface area contributed by atoms with Gasteiger partial charge in [0.05, 0.1) is 29.8 Å². The average Bonchev–Trinajstić information content (AvgIpc) is 3.49. The lowest BCUT2D eigenvalue weighted by atomic mass is 9.95. The van der Waals surface area contributed by atoms with Crippen molar-refractivity contribution in [3.05, 3.63) is 45.2 Å². The molecule has 1 amide bonds. The van der Waals surface area contributed by atoms with E-state index in [0.717, 1.165) is 49.5 Å². The van der Waals surface area contributed by atoms with Gasteiger partial charge in [0.25, 0.3) is 5.91 Å². The van der Waals surface area contributed by atoms with Gasteiger partial charge in [0, 0.05) is 37.3 Å². The van der Waals surface area contributed by atoms with Crippen LogP contribution in [0.2, 0.25) is 0 Å². The van der Waals surface area contributed by atoms with Crippen LogP contribution in [-0.2, 0) is 22.9 Å². The molecule has 0 bridgehead atoms. The predicted octanol–water partition coefficient (Wildman–Crippen LogP) is 4.41. The largest absolute Gasteiger partial charge is 0.491 e. The molecule has 7 nitrogen and oxygen atoms in total. The fourth-order valence-corrected chi connectivity index (χ4v) is 5.62. The van der Waals surface area contributed by atoms with E-state index in [4.69, 9.17) is 9.47 Å². The number of amides is 1. The normalized spacial score (nSPS) is 22.3. The molecule has 0 aliphatic carbocycles. The van der Waals surface area contributed by atoms with Gasteiger partial charge in [0.15, 0.2) is 4.80 Å². The predicted molar refractivity (Wildman–Crippen MR) is 141 cm³/mol. The second-order valence-electron chi connectivity index (χ2n) is 11.2. The van der Waals surface area contributed by atoms with Gasteiger partial charge in [-0.15, -0.1) is 11.3 Å². The first-order valence-corrected chi connectivity index (χ1v) is 13.8. The molecule has 2 aliphatic heterocycles. The number of halogens is 3. The summed E-state index contributed by atoms with van der Waals surface area (Å²) in [7, 11) is 4.01. The summed E-state index contributed by atoms with van der Waals surface area (Å²) in [4.78, 5) is 23.6. The van der Waals surface area contributed by atoms with Gasteiger partial charge in [-0.05, 0) is 50.6 Å². The number of benzene rings is 1. The Hall–Kier alpha value is -2.21. The first-order valence-electron chi connectivity index (χ1n) is 13.0. The zero-order chi connectivity index (χ0) is 27.7. The monoisotopic (exact) mass is 554 g/mol. The van der Waals surface area contributed by atoms with Gasteiger partial charge in [-0.1, -0.05) is 20.8 Å². The van der Waals surface area contributed by atoms with Crippen molar-refractivity contribution in [2.45, 2.75) is 63.9 Å². The smallest absolute Gasteiger partial charge is 0.416 e. The number of ether oxygens (including phenoxy) is 2. The number of rotatable bonds is 6. The molecule has 3 heterocycles. The maximum atomic E-state index is 13.6. The van der Waals surface area contributed by atoms with Gasteiger partial charge in [0.2, 0.25) is 0 Å². The fourth-order valence-electron chi connectivity index (χ4n) is 4.57. The zero-order valence-corrected chi connectivity index (χ0v) is 23.5. The van der Waals surface area contributed by atoms with E-state index in [1.165, 1.54) is 17.4 Å². The van der Waals surface area contributed by atoms with Gasteiger partial charge in [0.1, 0.15) is 12.4 Å². The van der Waals surface area contributed by atoms with Crippen molar-refractivity contribution in [3.63, 3.8) is 0 Å². The molecule has 0 radical (unpaired) electrons. The minimum absolute atomic E-state index is 0.0181. The third kappa shape index (κ3) is 7.05. The lowest BCUT2D eigenvalue weighted by Gasteiger charge is -2.37. The van der Waals surface area contributed by atoms with Crippen molar-refractivity contribution in [1.82, 2.24) is 14.4 Å². The van der Waals surface area contributed by atoms with Crippen LogP contribution in [0.5, 0.6) is 5.75 Å². The van der Waals surface area contributed by atoms with Gasteiger partial charge in [-0.25, -0.2) is 0 Å². The molecule has 2 saturated heterocycles. The van der Waals surface area contributed by atoms with Gasteiger partial charge >= 0.3 is 6.18 Å². The quantitative estimate of drug-likeness (QED) is 0.530. The standard InChI is InChI=1S/C27H37F3N4O3S/c1-26(2,3)23-16-34(15-20-7-6-12-36-20)25(38-23)31-24(35)21-13-18(27(28,29)30)8-9-22(21)37-17-19-14-32(4)10-11-33(19)5/h8-9,13,16,19-20H,6-7,10-12,14-15,17H2,1-5H3/b31-25-/t19?,20-/m0/s1. The highest BCUT2D eigenvalue weighted by Gasteiger charge is 2.33. The molecule has 1 unspecified atom stereocenters. The average molecular weight is 555 g/mol. The number of hydrogen-bond donors (Lipinski definition) is 0. The minimum Gasteiger partial charge on any atom is -0.491 e. The van der Waals surface area contributed by atoms with E-state index < -0.39 is 17.6 Å². The molecule has 0 spiro atoms. The molecule has 210 valence electrons. The minimum atomic E-state index is -4.60. The van der Waals surface area contributed by atoms with Crippen LogP contribution in [-0.4, -0.2) is 79.4 Å². The first kappa shape index (κ1) is 28.8. The number of aromatic nitrogens is 1. The molecular formula is C27H37F3N4O3S. The molecule has 1 aromatic heterocycles. The Morgan fingerprint density at radius 3 is 2.63 bits per heavy atom. The highest BCUT2D eigenvalue weighted by molar-refractivity contribution is 7.09. The third-order valence-electron chi connectivity index (χ3n) is 7.03. The Morgan fingerprint density at radius 2 is 1.97 bits per heavy atom. The maximum absolute atomic E-state index is 13.6. The van der Waals surface area contributed by atoms with Crippen molar-refractivity contribution < 1.29 is 27.4 Å². The van der Waals surface area contributed by atoms with Crippen LogP contribution in [0.1, 0.15) is 54.4 Å². The van der Waals surface area contributed by atoms with Crippen molar-refractivity contribution in [2.24, 2.45) is 4.99 Å². The topological polar surface area (TPSA) is 59.3 Å². The van der Waals surface area contributed by atoms with Crippen LogP contribution in [0.15, 0.2) is 29.4 Å². The van der Waals surface area contributed by atoms with E-state index in [1.807, 2.05) is 24.9 Å². The summed E-state index contributed by atoms with van der Waals surface area (Å²) in [5.74, 6) is -0.657. The number of alkyl halides is 3. The summed E-state index contributed by atoms with van der Waals surface area (Å²) in [5.41, 5.74) is -1.28. The van der Waals surface area contributed by atoms with E-state index in [2.05, 4.69) is 35.6 Å². The van der Waals surface area contributed by atoms with E-state index in [1.54, 1.807) is 0 Å². The second kappa shape index (κ2) is 11.5. The molecule has 11 heteroatoms. The molecule has 1 aromatic carbocycles. The highest BCUT2D eigenvalue weighted by atomic mass is 32.1. The van der Waals surface area contributed by atoms with Crippen molar-refractivity contribution in [3.8, 4) is 5.75 Å². The molecule has 0 saturated carbocycles. The van der Waals surface area contributed by atoms with E-state index in [0.29, 0.717) is 18.0 Å². The zero-order valence-electron chi connectivity index (χ0n) is 22.7. The number of hydrogen-bond acceptors (Lipinski definition) is 6. The van der Waals surface area contributed by atoms with Crippen LogP contribution < -0.4 is 9.54 Å². The number of likely N-dealkylation sites (N-methyl/N-ethyl adjacent to an activating group) is 2. The third-order valence-corrected chi connectivity index (χ3v) is 8.48. The Kier molecular flexibility index (Phi) is 8.71. The molecule has 0 N–H and O–H groups in total. The summed E-state index contributed by atoms with van der Waals surface area (Å²) >= 11 is 1.37. The number of thiazole rings is 1. The van der Waals surface area contributed by atoms with Crippen LogP contribution in [0.25, 0.3) is 0 Å². The summed E-state index contributed by atoms with van der Waals surface area (Å²) in [6.45, 7) is 10.2. The van der Waals surface area contributed by atoms with Crippen LogP contribution in [0.4, 0.5) is 13.2 Å². The van der Waals surface area contributed by atoms with Crippen LogP contribution in [0, 0.1) is 0 Å². The molecule has 2 atom stereocenters. The number of carbonyl (C=O) groups excluding carboxylic acids is 1. The highest BCUT2D eigenvalue weighted by Crippen LogP contribution is 2.33. The summed E-state index contributed by atoms with van der Waals surface area (Å²) in [6, 6.07) is 3.08.